The number of hydrogen-bond acceptors (Lipinski definition) is 5. The molecule has 5 heteroatoms. The first-order valence-corrected chi connectivity index (χ1v) is 7.65. The van der Waals surface area contributed by atoms with E-state index in [0.717, 1.165) is 24.9 Å². The summed E-state index contributed by atoms with van der Waals surface area (Å²) < 4.78 is 9.98. The van der Waals surface area contributed by atoms with Crippen LogP contribution in [0, 0.1) is 11.8 Å². The van der Waals surface area contributed by atoms with Gasteiger partial charge in [-0.1, -0.05) is 30.3 Å². The second kappa shape index (κ2) is 6.08. The highest BCUT2D eigenvalue weighted by atomic mass is 16.5. The van der Waals surface area contributed by atoms with Gasteiger partial charge >= 0.3 is 11.9 Å². The van der Waals surface area contributed by atoms with Crippen LogP contribution in [-0.4, -0.2) is 43.6 Å². The van der Waals surface area contributed by atoms with Crippen LogP contribution in [-0.2, 0) is 19.1 Å². The number of nitrogens with zero attached hydrogens (tertiary/aromatic N) is 1. The lowest BCUT2D eigenvalue weighted by Gasteiger charge is -2.26. The Balaban J connectivity index is 2.05. The van der Waals surface area contributed by atoms with Crippen molar-refractivity contribution in [1.29, 1.82) is 0 Å². The highest BCUT2D eigenvalue weighted by Crippen LogP contribution is 2.49. The molecule has 1 aromatic rings. The maximum Gasteiger partial charge on any atom is 0.311 e. The summed E-state index contributed by atoms with van der Waals surface area (Å²) in [5, 5.41) is 0. The SMILES string of the molecule is COC(=O)[C@@H]1[C@H](C(=O)OC)[C@@H](c2ccccc2)N2CCC[C@H]12. The maximum atomic E-state index is 12.4. The number of benzene rings is 1. The topological polar surface area (TPSA) is 55.8 Å². The molecule has 0 radical (unpaired) electrons. The molecule has 1 aromatic carbocycles. The van der Waals surface area contributed by atoms with Crippen LogP contribution in [0.5, 0.6) is 0 Å². The van der Waals surface area contributed by atoms with Crippen LogP contribution in [0.1, 0.15) is 24.4 Å². The minimum absolute atomic E-state index is 0.0572. The number of carbonyl (C=O) groups is 2. The molecule has 0 N–H and O–H groups in total. The van der Waals surface area contributed by atoms with Gasteiger partial charge in [-0.05, 0) is 24.9 Å². The second-order valence-corrected chi connectivity index (χ2v) is 5.90. The molecule has 0 saturated carbocycles. The summed E-state index contributed by atoms with van der Waals surface area (Å²) in [6.45, 7) is 0.894. The molecule has 0 aromatic heterocycles. The first kappa shape index (κ1) is 15.0. The summed E-state index contributed by atoms with van der Waals surface area (Å²) in [5.74, 6) is -1.61. The largest absolute Gasteiger partial charge is 0.469 e. The van der Waals surface area contributed by atoms with Gasteiger partial charge in [0.25, 0.3) is 0 Å². The molecule has 0 amide bonds. The zero-order valence-electron chi connectivity index (χ0n) is 12.9. The summed E-state index contributed by atoms with van der Waals surface area (Å²) >= 11 is 0. The van der Waals surface area contributed by atoms with Crippen molar-refractivity contribution in [2.24, 2.45) is 11.8 Å². The van der Waals surface area contributed by atoms with Crippen LogP contribution < -0.4 is 0 Å². The summed E-state index contributed by atoms with van der Waals surface area (Å²) in [5.41, 5.74) is 1.05. The Kier molecular flexibility index (Phi) is 4.16. The third-order valence-electron chi connectivity index (χ3n) is 4.93. The van der Waals surface area contributed by atoms with Gasteiger partial charge in [0.15, 0.2) is 0 Å². The monoisotopic (exact) mass is 303 g/mol. The van der Waals surface area contributed by atoms with Gasteiger partial charge in [-0.3, -0.25) is 14.5 Å². The first-order chi connectivity index (χ1) is 10.7. The molecule has 4 atom stereocenters. The molecule has 2 heterocycles. The van der Waals surface area contributed by atoms with Gasteiger partial charge in [0.05, 0.1) is 26.1 Å². The highest BCUT2D eigenvalue weighted by Gasteiger charge is 2.57. The van der Waals surface area contributed by atoms with Crippen molar-refractivity contribution < 1.29 is 19.1 Å². The minimum Gasteiger partial charge on any atom is -0.469 e. The Hall–Kier alpha value is -1.88. The summed E-state index contributed by atoms with van der Waals surface area (Å²) in [4.78, 5) is 27.0. The van der Waals surface area contributed by atoms with E-state index >= 15 is 0 Å². The standard InChI is InChI=1S/C17H21NO4/c1-21-16(19)13-12-9-6-10-18(12)15(14(13)17(20)22-2)11-7-4-3-5-8-11/h3-5,7-8,12-15H,6,9-10H2,1-2H3/t12-,13+,14+,15-/m1/s1. The van der Waals surface area contributed by atoms with Gasteiger partial charge in [0.1, 0.15) is 0 Å². The van der Waals surface area contributed by atoms with Crippen LogP contribution in [0.15, 0.2) is 30.3 Å². The average Bonchev–Trinajstić information content (AvgIpc) is 3.13. The van der Waals surface area contributed by atoms with E-state index in [1.807, 2.05) is 30.3 Å². The Morgan fingerprint density at radius 3 is 2.32 bits per heavy atom. The first-order valence-electron chi connectivity index (χ1n) is 7.65. The molecule has 118 valence electrons. The van der Waals surface area contributed by atoms with Gasteiger partial charge in [-0.15, -0.1) is 0 Å². The van der Waals surface area contributed by atoms with Crippen LogP contribution in [0.25, 0.3) is 0 Å². The van der Waals surface area contributed by atoms with E-state index in [0.29, 0.717) is 0 Å². The van der Waals surface area contributed by atoms with E-state index in [1.54, 1.807) is 0 Å². The number of esters is 2. The van der Waals surface area contributed by atoms with Crippen molar-refractivity contribution in [2.45, 2.75) is 24.9 Å². The second-order valence-electron chi connectivity index (χ2n) is 5.90. The quantitative estimate of drug-likeness (QED) is 0.797. The van der Waals surface area contributed by atoms with Crippen LogP contribution in [0.2, 0.25) is 0 Å². The molecule has 0 spiro atoms. The molecule has 0 aliphatic carbocycles. The number of rotatable bonds is 3. The molecular weight excluding hydrogens is 282 g/mol. The molecule has 2 aliphatic heterocycles. The predicted octanol–water partition coefficient (Wildman–Crippen LogP) is 1.78. The molecule has 0 unspecified atom stereocenters. The molecular formula is C17H21NO4. The molecule has 2 fully saturated rings. The molecule has 2 aliphatic rings. The molecule has 2 saturated heterocycles. The van der Waals surface area contributed by atoms with Gasteiger partial charge in [0.2, 0.25) is 0 Å². The third kappa shape index (κ3) is 2.29. The summed E-state index contributed by atoms with van der Waals surface area (Å²) in [6, 6.07) is 9.82. The van der Waals surface area contributed by atoms with Gasteiger partial charge < -0.3 is 9.47 Å². The number of ether oxygens (including phenoxy) is 2. The van der Waals surface area contributed by atoms with Crippen molar-refractivity contribution in [3.63, 3.8) is 0 Å². The van der Waals surface area contributed by atoms with Crippen molar-refractivity contribution in [3.05, 3.63) is 35.9 Å². The minimum atomic E-state index is -0.509. The maximum absolute atomic E-state index is 12.4. The van der Waals surface area contributed by atoms with Gasteiger partial charge in [-0.2, -0.15) is 0 Å². The fraction of sp³-hybridized carbons (Fsp3) is 0.529. The molecule has 5 nitrogen and oxygen atoms in total. The Morgan fingerprint density at radius 2 is 1.68 bits per heavy atom. The van der Waals surface area contributed by atoms with Crippen molar-refractivity contribution >= 4 is 11.9 Å². The van der Waals surface area contributed by atoms with Crippen LogP contribution >= 0.6 is 0 Å². The van der Waals surface area contributed by atoms with Crippen LogP contribution in [0.4, 0.5) is 0 Å². The van der Waals surface area contributed by atoms with E-state index in [1.165, 1.54) is 14.2 Å². The predicted molar refractivity (Wildman–Crippen MR) is 79.9 cm³/mol. The Morgan fingerprint density at radius 1 is 1.05 bits per heavy atom. The normalized spacial score (nSPS) is 30.8. The van der Waals surface area contributed by atoms with E-state index in [-0.39, 0.29) is 24.0 Å². The summed E-state index contributed by atoms with van der Waals surface area (Å²) in [7, 11) is 2.76. The van der Waals surface area contributed by atoms with Crippen LogP contribution in [0.3, 0.4) is 0 Å². The van der Waals surface area contributed by atoms with Crippen molar-refractivity contribution in [3.8, 4) is 0 Å². The van der Waals surface area contributed by atoms with E-state index < -0.39 is 11.8 Å². The average molecular weight is 303 g/mol. The van der Waals surface area contributed by atoms with Crippen molar-refractivity contribution in [1.82, 2.24) is 4.90 Å². The number of hydrogen-bond donors (Lipinski definition) is 0. The van der Waals surface area contributed by atoms with Gasteiger partial charge in [-0.25, -0.2) is 0 Å². The van der Waals surface area contributed by atoms with E-state index in [4.69, 9.17) is 9.47 Å². The lowest BCUT2D eigenvalue weighted by molar-refractivity contribution is -0.157. The van der Waals surface area contributed by atoms with E-state index in [9.17, 15) is 9.59 Å². The summed E-state index contributed by atoms with van der Waals surface area (Å²) in [6.07, 6.45) is 1.95. The molecule has 0 bridgehead atoms. The number of methoxy groups -OCH3 is 2. The molecule has 22 heavy (non-hydrogen) atoms. The number of fused-ring (bicyclic) bond motifs is 1. The zero-order valence-corrected chi connectivity index (χ0v) is 12.9. The zero-order chi connectivity index (χ0) is 15.7. The smallest absolute Gasteiger partial charge is 0.311 e. The lowest BCUT2D eigenvalue weighted by atomic mass is 9.83. The third-order valence-corrected chi connectivity index (χ3v) is 4.93. The van der Waals surface area contributed by atoms with Gasteiger partial charge in [0, 0.05) is 12.1 Å². The number of carbonyl (C=O) groups excluding carboxylic acids is 2. The van der Waals surface area contributed by atoms with E-state index in [2.05, 4.69) is 4.90 Å². The fourth-order valence-corrected chi connectivity index (χ4v) is 4.09. The fourth-order valence-electron chi connectivity index (χ4n) is 4.09. The van der Waals surface area contributed by atoms with Crippen molar-refractivity contribution in [2.75, 3.05) is 20.8 Å². The lowest BCUT2D eigenvalue weighted by Crippen LogP contribution is -2.35. The Bertz CT molecular complexity index is 559. The Labute approximate surface area is 130 Å². The highest BCUT2D eigenvalue weighted by molar-refractivity contribution is 5.84. The molecule has 3 rings (SSSR count).